The van der Waals surface area contributed by atoms with Gasteiger partial charge in [-0.25, -0.2) is 0 Å². The molecule has 0 atom stereocenters. The first-order chi connectivity index (χ1) is 9.71. The maximum atomic E-state index is 6.01. The van der Waals surface area contributed by atoms with Gasteiger partial charge in [-0.3, -0.25) is 0 Å². The standard InChI is InChI=1S/C18H22N2/c19-16-9-7-14(8-10-16)18(11-2-1-3-12-18)15-5-4-6-17(20)13-15/h4-10,13H,1-3,11-12,19-20H2. The Hall–Kier alpha value is -1.96. The van der Waals surface area contributed by atoms with Crippen molar-refractivity contribution >= 4 is 11.4 Å². The second kappa shape index (κ2) is 5.20. The van der Waals surface area contributed by atoms with Crippen molar-refractivity contribution in [3.8, 4) is 0 Å². The fraction of sp³-hybridized carbons (Fsp3) is 0.333. The van der Waals surface area contributed by atoms with Crippen molar-refractivity contribution in [1.82, 2.24) is 0 Å². The molecule has 0 bridgehead atoms. The molecule has 20 heavy (non-hydrogen) atoms. The maximum Gasteiger partial charge on any atom is 0.0317 e. The predicted molar refractivity (Wildman–Crippen MR) is 85.6 cm³/mol. The molecule has 1 aliphatic carbocycles. The average molecular weight is 266 g/mol. The lowest BCUT2D eigenvalue weighted by Gasteiger charge is -2.38. The van der Waals surface area contributed by atoms with E-state index in [0.717, 1.165) is 11.4 Å². The van der Waals surface area contributed by atoms with Gasteiger partial charge in [0.15, 0.2) is 0 Å². The Kier molecular flexibility index (Phi) is 3.39. The van der Waals surface area contributed by atoms with Crippen molar-refractivity contribution in [2.24, 2.45) is 0 Å². The Labute approximate surface area is 120 Å². The van der Waals surface area contributed by atoms with Crippen LogP contribution in [0.2, 0.25) is 0 Å². The molecule has 2 nitrogen and oxygen atoms in total. The van der Waals surface area contributed by atoms with Crippen molar-refractivity contribution in [3.63, 3.8) is 0 Å². The van der Waals surface area contributed by atoms with Crippen LogP contribution >= 0.6 is 0 Å². The third-order valence-corrected chi connectivity index (χ3v) is 4.61. The summed E-state index contributed by atoms with van der Waals surface area (Å²) < 4.78 is 0. The van der Waals surface area contributed by atoms with Gasteiger partial charge < -0.3 is 11.5 Å². The number of anilines is 2. The van der Waals surface area contributed by atoms with Crippen LogP contribution in [0.4, 0.5) is 11.4 Å². The summed E-state index contributed by atoms with van der Waals surface area (Å²) in [6, 6.07) is 16.8. The van der Waals surface area contributed by atoms with Crippen molar-refractivity contribution < 1.29 is 0 Å². The fourth-order valence-corrected chi connectivity index (χ4v) is 3.54. The molecule has 1 saturated carbocycles. The number of nitrogen functional groups attached to an aromatic ring is 2. The van der Waals surface area contributed by atoms with Crippen molar-refractivity contribution in [1.29, 1.82) is 0 Å². The highest BCUT2D eigenvalue weighted by atomic mass is 14.6. The molecule has 2 aromatic rings. The van der Waals surface area contributed by atoms with E-state index in [0.29, 0.717) is 0 Å². The summed E-state index contributed by atoms with van der Waals surface area (Å²) >= 11 is 0. The summed E-state index contributed by atoms with van der Waals surface area (Å²) in [5, 5.41) is 0. The smallest absolute Gasteiger partial charge is 0.0317 e. The number of nitrogens with two attached hydrogens (primary N) is 2. The van der Waals surface area contributed by atoms with Gasteiger partial charge in [-0.2, -0.15) is 0 Å². The maximum absolute atomic E-state index is 6.01. The van der Waals surface area contributed by atoms with E-state index in [-0.39, 0.29) is 5.41 Å². The summed E-state index contributed by atoms with van der Waals surface area (Å²) in [5.74, 6) is 0. The molecular formula is C18H22N2. The van der Waals surface area contributed by atoms with Gasteiger partial charge in [0.2, 0.25) is 0 Å². The molecule has 0 amide bonds. The van der Waals surface area contributed by atoms with Crippen molar-refractivity contribution in [2.45, 2.75) is 37.5 Å². The van der Waals surface area contributed by atoms with Crippen LogP contribution in [0.3, 0.4) is 0 Å². The second-order valence-electron chi connectivity index (χ2n) is 5.89. The van der Waals surface area contributed by atoms with Gasteiger partial charge in [-0.1, -0.05) is 43.5 Å². The Morgan fingerprint density at radius 1 is 0.700 bits per heavy atom. The lowest BCUT2D eigenvalue weighted by Crippen LogP contribution is -2.30. The third kappa shape index (κ3) is 2.26. The quantitative estimate of drug-likeness (QED) is 0.804. The predicted octanol–water partition coefficient (Wildman–Crippen LogP) is 4.10. The molecule has 0 spiro atoms. The molecule has 0 radical (unpaired) electrons. The third-order valence-electron chi connectivity index (χ3n) is 4.61. The highest BCUT2D eigenvalue weighted by Crippen LogP contribution is 2.45. The number of benzene rings is 2. The van der Waals surface area contributed by atoms with Gasteiger partial charge in [0.1, 0.15) is 0 Å². The molecular weight excluding hydrogens is 244 g/mol. The molecule has 0 unspecified atom stereocenters. The van der Waals surface area contributed by atoms with Crippen LogP contribution in [-0.2, 0) is 5.41 Å². The van der Waals surface area contributed by atoms with Crippen LogP contribution in [0.15, 0.2) is 48.5 Å². The highest BCUT2D eigenvalue weighted by molar-refractivity contribution is 5.50. The van der Waals surface area contributed by atoms with E-state index in [4.69, 9.17) is 11.5 Å². The number of rotatable bonds is 2. The molecule has 1 fully saturated rings. The van der Waals surface area contributed by atoms with Gasteiger partial charge in [-0.15, -0.1) is 0 Å². The molecule has 2 heteroatoms. The topological polar surface area (TPSA) is 52.0 Å². The average Bonchev–Trinajstić information content (AvgIpc) is 2.49. The summed E-state index contributed by atoms with van der Waals surface area (Å²) in [7, 11) is 0. The molecule has 2 aromatic carbocycles. The van der Waals surface area contributed by atoms with E-state index in [9.17, 15) is 0 Å². The van der Waals surface area contributed by atoms with Gasteiger partial charge in [-0.05, 0) is 48.2 Å². The van der Waals surface area contributed by atoms with Crippen LogP contribution in [0.25, 0.3) is 0 Å². The summed E-state index contributed by atoms with van der Waals surface area (Å²) in [6.07, 6.45) is 6.28. The molecule has 104 valence electrons. The SMILES string of the molecule is Nc1ccc(C2(c3cccc(N)c3)CCCCC2)cc1. The first-order valence-electron chi connectivity index (χ1n) is 7.43. The summed E-state index contributed by atoms with van der Waals surface area (Å²) in [6.45, 7) is 0. The molecule has 0 saturated heterocycles. The minimum absolute atomic E-state index is 0.112. The Morgan fingerprint density at radius 2 is 1.40 bits per heavy atom. The molecule has 1 aliphatic rings. The molecule has 0 heterocycles. The van der Waals surface area contributed by atoms with Crippen LogP contribution in [0.1, 0.15) is 43.2 Å². The second-order valence-corrected chi connectivity index (χ2v) is 5.89. The molecule has 4 N–H and O–H groups in total. The molecule has 3 rings (SSSR count). The fourth-order valence-electron chi connectivity index (χ4n) is 3.54. The molecule has 0 aromatic heterocycles. The Morgan fingerprint density at radius 3 is 2.05 bits per heavy atom. The lowest BCUT2D eigenvalue weighted by atomic mass is 9.65. The van der Waals surface area contributed by atoms with Gasteiger partial charge in [0, 0.05) is 16.8 Å². The van der Waals surface area contributed by atoms with Gasteiger partial charge in [0.05, 0.1) is 0 Å². The zero-order chi connectivity index (χ0) is 14.0. The van der Waals surface area contributed by atoms with Crippen molar-refractivity contribution in [3.05, 3.63) is 59.7 Å². The van der Waals surface area contributed by atoms with Crippen LogP contribution in [0, 0.1) is 0 Å². The minimum atomic E-state index is 0.112. The first kappa shape index (κ1) is 13.0. The monoisotopic (exact) mass is 266 g/mol. The minimum Gasteiger partial charge on any atom is -0.399 e. The van der Waals surface area contributed by atoms with E-state index in [2.05, 4.69) is 30.3 Å². The van der Waals surface area contributed by atoms with Gasteiger partial charge >= 0.3 is 0 Å². The number of hydrogen-bond acceptors (Lipinski definition) is 2. The molecule has 0 aliphatic heterocycles. The van der Waals surface area contributed by atoms with Gasteiger partial charge in [0.25, 0.3) is 0 Å². The van der Waals surface area contributed by atoms with E-state index in [1.54, 1.807) is 0 Å². The van der Waals surface area contributed by atoms with E-state index < -0.39 is 0 Å². The highest BCUT2D eigenvalue weighted by Gasteiger charge is 2.35. The summed E-state index contributed by atoms with van der Waals surface area (Å²) in [5.41, 5.74) is 16.4. The van der Waals surface area contributed by atoms with E-state index >= 15 is 0 Å². The van der Waals surface area contributed by atoms with Crippen LogP contribution < -0.4 is 11.5 Å². The van der Waals surface area contributed by atoms with E-state index in [1.807, 2.05) is 18.2 Å². The van der Waals surface area contributed by atoms with E-state index in [1.165, 1.54) is 43.2 Å². The normalized spacial score (nSPS) is 17.8. The Balaban J connectivity index is 2.11. The first-order valence-corrected chi connectivity index (χ1v) is 7.43. The van der Waals surface area contributed by atoms with Crippen LogP contribution in [-0.4, -0.2) is 0 Å². The Bertz CT molecular complexity index is 581. The zero-order valence-electron chi connectivity index (χ0n) is 11.8. The largest absolute Gasteiger partial charge is 0.399 e. The zero-order valence-corrected chi connectivity index (χ0v) is 11.8. The number of hydrogen-bond donors (Lipinski definition) is 2. The summed E-state index contributed by atoms with van der Waals surface area (Å²) in [4.78, 5) is 0. The van der Waals surface area contributed by atoms with Crippen molar-refractivity contribution in [2.75, 3.05) is 11.5 Å². The van der Waals surface area contributed by atoms with Crippen LogP contribution in [0.5, 0.6) is 0 Å². The lowest BCUT2D eigenvalue weighted by molar-refractivity contribution is 0.346.